The number of likely N-dealkylation sites (tertiary alicyclic amines) is 2. The maximum atomic E-state index is 15.2. The number of cyclic esters (lactones) is 1. The van der Waals surface area contributed by atoms with Crippen LogP contribution in [0.2, 0.25) is 0 Å². The second-order valence-corrected chi connectivity index (χ2v) is 24.4. The van der Waals surface area contributed by atoms with E-state index in [2.05, 4.69) is 81.7 Å². The number of nitrogens with one attached hydrogen (secondary N) is 2. The van der Waals surface area contributed by atoms with Gasteiger partial charge in [0.1, 0.15) is 23.2 Å². The molecule has 11 rings (SSSR count). The number of rotatable bonds is 13. The van der Waals surface area contributed by atoms with E-state index in [4.69, 9.17) is 43.1 Å². The van der Waals surface area contributed by atoms with E-state index in [9.17, 15) is 9.59 Å². The molecule has 6 fully saturated rings. The number of nitrogens with zero attached hydrogens (tertiary/aromatic N) is 6. The molecule has 6 saturated heterocycles. The Morgan fingerprint density at radius 1 is 0.987 bits per heavy atom. The van der Waals surface area contributed by atoms with Gasteiger partial charge in [-0.2, -0.15) is 0 Å². The Balaban J connectivity index is 1.06. The summed E-state index contributed by atoms with van der Waals surface area (Å²) in [5, 5.41) is 8.46. The molecule has 2 amide bonds. The molecule has 0 spiro atoms. The van der Waals surface area contributed by atoms with Crippen LogP contribution in [0.1, 0.15) is 113 Å². The zero-order valence-corrected chi connectivity index (χ0v) is 46.3. The number of hydrogen-bond donors (Lipinski definition) is 2. The van der Waals surface area contributed by atoms with Crippen LogP contribution in [0.5, 0.6) is 0 Å². The number of thiazole rings is 1. The number of esters is 1. The number of benzene rings is 1. The molecule has 0 unspecified atom stereocenters. The van der Waals surface area contributed by atoms with E-state index in [-0.39, 0.29) is 36.5 Å². The lowest BCUT2D eigenvalue weighted by Gasteiger charge is -2.51. The summed E-state index contributed by atoms with van der Waals surface area (Å²) in [6.07, 6.45) is 6.60. The minimum Gasteiger partial charge on any atom is -0.464 e. The molecule has 18 nitrogen and oxygen atoms in total. The normalized spacial score (nSPS) is 27.5. The van der Waals surface area contributed by atoms with Gasteiger partial charge in [0, 0.05) is 98.6 Å². The van der Waals surface area contributed by atoms with Gasteiger partial charge in [0.05, 0.1) is 80.0 Å². The van der Waals surface area contributed by atoms with Gasteiger partial charge in [-0.1, -0.05) is 26.8 Å². The minimum atomic E-state index is -1.07. The zero-order valence-electron chi connectivity index (χ0n) is 45.5. The van der Waals surface area contributed by atoms with Gasteiger partial charge in [0.2, 0.25) is 5.91 Å². The molecule has 0 aliphatic carbocycles. The van der Waals surface area contributed by atoms with Gasteiger partial charge in [0.25, 0.3) is 5.91 Å². The number of hydrogen-bond acceptors (Lipinski definition) is 16. The highest BCUT2D eigenvalue weighted by molar-refractivity contribution is 7.10. The monoisotopic (exact) mass is 1070 g/mol. The van der Waals surface area contributed by atoms with E-state index in [1.807, 2.05) is 13.8 Å². The zero-order chi connectivity index (χ0) is 52.9. The van der Waals surface area contributed by atoms with Gasteiger partial charge in [0.15, 0.2) is 0 Å². The summed E-state index contributed by atoms with van der Waals surface area (Å²) in [4.78, 5) is 59.1. The van der Waals surface area contributed by atoms with E-state index < -0.39 is 41.2 Å². The number of ether oxygens (including phenoxy) is 7. The summed E-state index contributed by atoms with van der Waals surface area (Å²) < 4.78 is 44.5. The summed E-state index contributed by atoms with van der Waals surface area (Å²) in [7, 11) is 3.44. The fraction of sp³-hybridized carbons (Fsp3) is 0.667. The summed E-state index contributed by atoms with van der Waals surface area (Å²) in [6.45, 7) is 18.5. The predicted molar refractivity (Wildman–Crippen MR) is 287 cm³/mol. The third kappa shape index (κ3) is 10.9. The number of pyridine rings is 1. The Kier molecular flexibility index (Phi) is 15.8. The van der Waals surface area contributed by atoms with Crippen LogP contribution < -0.4 is 10.7 Å². The second kappa shape index (κ2) is 22.4. The Morgan fingerprint density at radius 2 is 1.78 bits per heavy atom. The SMILES string of the molecule is CO[C@@H](C)c1ncc(C2CCN(C3COC3)CC2)cc1-c1c2c3cc(ccc3n1CCOC1CCOCC1)-c1csc(n1)[C@@H](N1CC(C)(OC)C1)[C@H](NC(=O)[C@H]1OC[C@@H]1C)C(=O)N1CCC[C@H](N1)C(=O)OCC(C)(C)C2. The standard InChI is InChI=1S/C57H78N8O10S/c1-34-27-74-51(34)52(66)60-48-50(63-31-57(5,32-63)70-7)53-59-45(30-76-53)37-10-11-46-41(23-37)43(25-56(3,4)33-75-55(68)44-9-8-16-65(61-44)54(48)67)49(64(46)19-22-73-40-14-20-71-21-15-40)42-24-38(26-58-47(42)35(2)69-6)36-12-17-62(18-13-36)39-28-72-29-39/h10-11,23-24,26,30,34-36,39-40,44,48,50-51,61H,8-9,12-22,25,27-29,31-33H2,1-7H3,(H,60,66)/t34-,35-,44-,48-,50-,51-/m0/s1. The van der Waals surface area contributed by atoms with Crippen molar-refractivity contribution in [3.05, 3.63) is 57.7 Å². The summed E-state index contributed by atoms with van der Waals surface area (Å²) >= 11 is 1.48. The molecular formula is C57H78N8O10S. The molecule has 0 saturated carbocycles. The molecule has 6 bridgehead atoms. The number of piperidine rings is 1. The summed E-state index contributed by atoms with van der Waals surface area (Å²) in [6, 6.07) is 6.98. The highest BCUT2D eigenvalue weighted by Gasteiger charge is 2.50. The maximum absolute atomic E-state index is 15.2. The molecule has 2 N–H and O–H groups in total. The first kappa shape index (κ1) is 53.6. The molecule has 4 aromatic rings. The molecule has 412 valence electrons. The first-order chi connectivity index (χ1) is 36.7. The number of fused-ring (bicyclic) bond motifs is 6. The lowest BCUT2D eigenvalue weighted by Crippen LogP contribution is -2.68. The van der Waals surface area contributed by atoms with E-state index in [1.165, 1.54) is 21.9 Å². The van der Waals surface area contributed by atoms with Gasteiger partial charge in [-0.3, -0.25) is 34.2 Å². The Hall–Kier alpha value is -4.41. The number of methoxy groups -OCH3 is 2. The molecule has 76 heavy (non-hydrogen) atoms. The van der Waals surface area contributed by atoms with E-state index >= 15 is 4.79 Å². The van der Waals surface area contributed by atoms with Crippen molar-refractivity contribution in [2.45, 2.75) is 140 Å². The van der Waals surface area contributed by atoms with Crippen molar-refractivity contribution in [3.8, 4) is 22.5 Å². The lowest BCUT2D eigenvalue weighted by atomic mass is 9.83. The average Bonchev–Trinajstić information content (AvgIpc) is 4.12. The van der Waals surface area contributed by atoms with Crippen molar-refractivity contribution in [2.75, 3.05) is 93.2 Å². The van der Waals surface area contributed by atoms with Crippen LogP contribution in [0.3, 0.4) is 0 Å². The highest BCUT2D eigenvalue weighted by atomic mass is 32.1. The number of amides is 2. The van der Waals surface area contributed by atoms with Gasteiger partial charge in [-0.05, 0) is 107 Å². The molecule has 6 atom stereocenters. The van der Waals surface area contributed by atoms with Crippen LogP contribution in [0.15, 0.2) is 35.8 Å². The molecule has 1 aromatic carbocycles. The molecule has 7 aliphatic heterocycles. The molecule has 0 radical (unpaired) electrons. The van der Waals surface area contributed by atoms with E-state index in [1.54, 1.807) is 14.2 Å². The molecule has 19 heteroatoms. The van der Waals surface area contributed by atoms with Gasteiger partial charge < -0.3 is 43.0 Å². The first-order valence-electron chi connectivity index (χ1n) is 27.8. The first-order valence-corrected chi connectivity index (χ1v) is 28.7. The van der Waals surface area contributed by atoms with Crippen molar-refractivity contribution in [3.63, 3.8) is 0 Å². The number of carbonyl (C=O) groups excluding carboxylic acids is 3. The number of carbonyl (C=O) groups is 3. The maximum Gasteiger partial charge on any atom is 0.324 e. The van der Waals surface area contributed by atoms with Crippen LogP contribution in [0, 0.1) is 11.3 Å². The highest BCUT2D eigenvalue weighted by Crippen LogP contribution is 2.45. The van der Waals surface area contributed by atoms with Gasteiger partial charge in [-0.15, -0.1) is 11.3 Å². The summed E-state index contributed by atoms with van der Waals surface area (Å²) in [5.41, 5.74) is 10.2. The third-order valence-electron chi connectivity index (χ3n) is 17.3. The van der Waals surface area contributed by atoms with Crippen molar-refractivity contribution in [1.82, 2.24) is 40.1 Å². The molecule has 10 heterocycles. The van der Waals surface area contributed by atoms with Crippen molar-refractivity contribution in [1.29, 1.82) is 0 Å². The Bertz CT molecular complexity index is 2740. The fourth-order valence-corrected chi connectivity index (χ4v) is 13.4. The average molecular weight is 1070 g/mol. The Morgan fingerprint density at radius 3 is 2.47 bits per heavy atom. The molecule has 3 aromatic heterocycles. The van der Waals surface area contributed by atoms with Gasteiger partial charge >= 0.3 is 5.97 Å². The Labute approximate surface area is 450 Å². The number of hydrazine groups is 1. The molecule has 7 aliphatic rings. The van der Waals surface area contributed by atoms with E-state index in [0.717, 1.165) is 96.7 Å². The smallest absolute Gasteiger partial charge is 0.324 e. The quantitative estimate of drug-likeness (QED) is 0.144. The van der Waals surface area contributed by atoms with Crippen LogP contribution >= 0.6 is 11.3 Å². The van der Waals surface area contributed by atoms with Crippen LogP contribution in [-0.4, -0.2) is 176 Å². The van der Waals surface area contributed by atoms with Gasteiger partial charge in [-0.25, -0.2) is 10.4 Å². The largest absolute Gasteiger partial charge is 0.464 e. The number of aromatic nitrogens is 3. The minimum absolute atomic E-state index is 0.00247. The topological polar surface area (TPSA) is 180 Å². The predicted octanol–water partition coefficient (Wildman–Crippen LogP) is 6.21. The van der Waals surface area contributed by atoms with Crippen LogP contribution in [-0.2, 0) is 60.5 Å². The fourth-order valence-electron chi connectivity index (χ4n) is 12.4. The van der Waals surface area contributed by atoms with Crippen LogP contribution in [0.4, 0.5) is 0 Å². The van der Waals surface area contributed by atoms with Crippen molar-refractivity contribution < 1.29 is 47.5 Å². The van der Waals surface area contributed by atoms with E-state index in [0.29, 0.717) is 88.8 Å². The van der Waals surface area contributed by atoms with Crippen LogP contribution in [0.25, 0.3) is 33.4 Å². The second-order valence-electron chi connectivity index (χ2n) is 23.5. The van der Waals surface area contributed by atoms with Crippen molar-refractivity contribution in [2.24, 2.45) is 11.3 Å². The van der Waals surface area contributed by atoms with Crippen molar-refractivity contribution >= 4 is 40.0 Å². The lowest BCUT2D eigenvalue weighted by molar-refractivity contribution is -0.166. The molecular weight excluding hydrogens is 989 g/mol. The third-order valence-corrected chi connectivity index (χ3v) is 18.2. The summed E-state index contributed by atoms with van der Waals surface area (Å²) in [5.74, 6) is -0.799.